The molecule has 1 aromatic carbocycles. The highest BCUT2D eigenvalue weighted by Crippen LogP contribution is 2.29. The van der Waals surface area contributed by atoms with E-state index < -0.39 is 0 Å². The predicted molar refractivity (Wildman–Crippen MR) is 119 cm³/mol. The van der Waals surface area contributed by atoms with E-state index in [1.54, 1.807) is 4.52 Å². The van der Waals surface area contributed by atoms with E-state index in [2.05, 4.69) is 34.6 Å². The first-order chi connectivity index (χ1) is 13.8. The van der Waals surface area contributed by atoms with Crippen LogP contribution in [-0.2, 0) is 5.41 Å². The van der Waals surface area contributed by atoms with Crippen LogP contribution >= 0.6 is 11.6 Å². The van der Waals surface area contributed by atoms with Gasteiger partial charge in [0.2, 0.25) is 0 Å². The van der Waals surface area contributed by atoms with E-state index in [-0.39, 0.29) is 11.3 Å². The summed E-state index contributed by atoms with van der Waals surface area (Å²) in [4.78, 5) is 20.1. The van der Waals surface area contributed by atoms with Crippen molar-refractivity contribution < 1.29 is 4.79 Å². The van der Waals surface area contributed by atoms with Gasteiger partial charge in [-0.3, -0.25) is 4.79 Å². The molecule has 0 N–H and O–H groups in total. The zero-order valence-electron chi connectivity index (χ0n) is 17.9. The molecule has 0 bridgehead atoms. The SMILES string of the molecule is CCCN(CCC)C(=O)c1cc(-c2ccccc2Cl)nc2cc(C(C)(C)C)nn12. The Labute approximate surface area is 177 Å². The van der Waals surface area contributed by atoms with Gasteiger partial charge < -0.3 is 4.90 Å². The fourth-order valence-corrected chi connectivity index (χ4v) is 3.55. The molecule has 3 rings (SSSR count). The summed E-state index contributed by atoms with van der Waals surface area (Å²) in [6.07, 6.45) is 1.81. The maximum atomic E-state index is 13.5. The van der Waals surface area contributed by atoms with E-state index in [0.29, 0.717) is 35.1 Å². The normalized spacial score (nSPS) is 11.8. The third-order valence-electron chi connectivity index (χ3n) is 4.84. The molecular weight excluding hydrogens is 384 g/mol. The predicted octanol–water partition coefficient (Wildman–Crippen LogP) is 5.61. The van der Waals surface area contributed by atoms with E-state index in [1.807, 2.05) is 41.3 Å². The van der Waals surface area contributed by atoms with E-state index >= 15 is 0 Å². The second kappa shape index (κ2) is 8.54. The first kappa shape index (κ1) is 21.3. The van der Waals surface area contributed by atoms with Crippen molar-refractivity contribution in [3.8, 4) is 11.3 Å². The van der Waals surface area contributed by atoms with Crippen molar-refractivity contribution in [2.24, 2.45) is 0 Å². The van der Waals surface area contributed by atoms with Crippen molar-refractivity contribution in [3.63, 3.8) is 0 Å². The molecule has 0 aliphatic carbocycles. The molecule has 0 aliphatic heterocycles. The lowest BCUT2D eigenvalue weighted by atomic mass is 9.93. The Morgan fingerprint density at radius 3 is 2.34 bits per heavy atom. The first-order valence-electron chi connectivity index (χ1n) is 10.2. The third-order valence-corrected chi connectivity index (χ3v) is 5.17. The summed E-state index contributed by atoms with van der Waals surface area (Å²) in [7, 11) is 0. The summed E-state index contributed by atoms with van der Waals surface area (Å²) in [5.41, 5.74) is 3.41. The lowest BCUT2D eigenvalue weighted by Crippen LogP contribution is -2.34. The molecule has 6 heteroatoms. The number of amides is 1. The summed E-state index contributed by atoms with van der Waals surface area (Å²) >= 11 is 6.42. The van der Waals surface area contributed by atoms with Crippen LogP contribution in [0.25, 0.3) is 16.9 Å². The quantitative estimate of drug-likeness (QED) is 0.528. The standard InChI is InChI=1S/C23H29ClN4O/c1-6-12-27(13-7-2)22(29)19-14-18(16-10-8-9-11-17(16)24)25-21-15-20(23(3,4)5)26-28(19)21/h8-11,14-15H,6-7,12-13H2,1-5H3. The molecule has 29 heavy (non-hydrogen) atoms. The molecule has 0 saturated carbocycles. The third kappa shape index (κ3) is 4.45. The highest BCUT2D eigenvalue weighted by Gasteiger charge is 2.24. The van der Waals surface area contributed by atoms with E-state index in [9.17, 15) is 4.79 Å². The topological polar surface area (TPSA) is 50.5 Å². The van der Waals surface area contributed by atoms with E-state index in [1.165, 1.54) is 0 Å². The van der Waals surface area contributed by atoms with Crippen molar-refractivity contribution in [2.45, 2.75) is 52.9 Å². The molecule has 3 aromatic rings. The minimum atomic E-state index is -0.148. The van der Waals surface area contributed by atoms with Crippen molar-refractivity contribution in [1.29, 1.82) is 0 Å². The van der Waals surface area contributed by atoms with Gasteiger partial charge in [-0.1, -0.05) is 64.4 Å². The van der Waals surface area contributed by atoms with Gasteiger partial charge in [0, 0.05) is 35.2 Å². The highest BCUT2D eigenvalue weighted by atomic mass is 35.5. The van der Waals surface area contributed by atoms with Gasteiger partial charge in [-0.25, -0.2) is 9.50 Å². The van der Waals surface area contributed by atoms with Gasteiger partial charge in [0.1, 0.15) is 5.69 Å². The van der Waals surface area contributed by atoms with Crippen LogP contribution in [0.15, 0.2) is 36.4 Å². The number of nitrogens with zero attached hydrogens (tertiary/aromatic N) is 4. The number of rotatable bonds is 6. The van der Waals surface area contributed by atoms with Gasteiger partial charge in [-0.05, 0) is 25.0 Å². The lowest BCUT2D eigenvalue weighted by molar-refractivity contribution is 0.0746. The number of aromatic nitrogens is 3. The first-order valence-corrected chi connectivity index (χ1v) is 10.6. The zero-order valence-corrected chi connectivity index (χ0v) is 18.6. The Bertz CT molecular complexity index is 1010. The molecule has 0 atom stereocenters. The number of fused-ring (bicyclic) bond motifs is 1. The van der Waals surface area contributed by atoms with Crippen LogP contribution in [0.3, 0.4) is 0 Å². The smallest absolute Gasteiger partial charge is 0.272 e. The van der Waals surface area contributed by atoms with Crippen molar-refractivity contribution in [1.82, 2.24) is 19.5 Å². The molecule has 0 radical (unpaired) electrons. The van der Waals surface area contributed by atoms with Crippen LogP contribution in [0.4, 0.5) is 0 Å². The highest BCUT2D eigenvalue weighted by molar-refractivity contribution is 6.33. The number of hydrogen-bond donors (Lipinski definition) is 0. The number of halogens is 1. The molecule has 1 amide bonds. The average Bonchev–Trinajstić information content (AvgIpc) is 3.11. The van der Waals surface area contributed by atoms with Crippen LogP contribution in [-0.4, -0.2) is 38.5 Å². The summed E-state index contributed by atoms with van der Waals surface area (Å²) in [5, 5.41) is 5.35. The van der Waals surface area contributed by atoms with Gasteiger partial charge in [0.15, 0.2) is 5.65 Å². The van der Waals surface area contributed by atoms with Gasteiger partial charge in [0.25, 0.3) is 5.91 Å². The molecule has 5 nitrogen and oxygen atoms in total. The van der Waals surface area contributed by atoms with Crippen LogP contribution in [0.1, 0.15) is 63.6 Å². The molecule has 0 unspecified atom stereocenters. The second-order valence-corrected chi connectivity index (χ2v) is 8.76. The summed E-state index contributed by atoms with van der Waals surface area (Å²) in [6, 6.07) is 11.3. The van der Waals surface area contributed by atoms with E-state index in [0.717, 1.165) is 24.1 Å². The Morgan fingerprint density at radius 1 is 1.10 bits per heavy atom. The van der Waals surface area contributed by atoms with Crippen LogP contribution < -0.4 is 0 Å². The minimum absolute atomic E-state index is 0.0297. The van der Waals surface area contributed by atoms with Gasteiger partial charge in [-0.2, -0.15) is 5.10 Å². The number of benzene rings is 1. The number of hydrogen-bond acceptors (Lipinski definition) is 3. The second-order valence-electron chi connectivity index (χ2n) is 8.35. The molecule has 2 aromatic heterocycles. The molecule has 2 heterocycles. The molecule has 0 aliphatic rings. The maximum Gasteiger partial charge on any atom is 0.272 e. The molecule has 0 spiro atoms. The van der Waals surface area contributed by atoms with Crippen molar-refractivity contribution in [2.75, 3.05) is 13.1 Å². The summed E-state index contributed by atoms with van der Waals surface area (Å²) in [6.45, 7) is 11.9. The maximum absolute atomic E-state index is 13.5. The Morgan fingerprint density at radius 2 is 1.76 bits per heavy atom. The number of carbonyl (C=O) groups is 1. The summed E-state index contributed by atoms with van der Waals surface area (Å²) < 4.78 is 1.68. The lowest BCUT2D eigenvalue weighted by Gasteiger charge is -2.22. The molecule has 0 fully saturated rings. The monoisotopic (exact) mass is 412 g/mol. The minimum Gasteiger partial charge on any atom is -0.337 e. The molecule has 0 saturated heterocycles. The number of carbonyl (C=O) groups excluding carboxylic acids is 1. The zero-order chi connectivity index (χ0) is 21.2. The largest absolute Gasteiger partial charge is 0.337 e. The van der Waals surface area contributed by atoms with Crippen molar-refractivity contribution in [3.05, 3.63) is 52.8 Å². The van der Waals surface area contributed by atoms with Gasteiger partial charge in [-0.15, -0.1) is 0 Å². The van der Waals surface area contributed by atoms with Crippen molar-refractivity contribution >= 4 is 23.2 Å². The Hall–Kier alpha value is -2.40. The Kier molecular flexibility index (Phi) is 6.27. The van der Waals surface area contributed by atoms with Gasteiger partial charge >= 0.3 is 0 Å². The average molecular weight is 413 g/mol. The van der Waals surface area contributed by atoms with E-state index in [4.69, 9.17) is 21.7 Å². The van der Waals surface area contributed by atoms with Crippen LogP contribution in [0, 0.1) is 0 Å². The fourth-order valence-electron chi connectivity index (χ4n) is 3.32. The molecular formula is C23H29ClN4O. The van der Waals surface area contributed by atoms with Gasteiger partial charge in [0.05, 0.1) is 11.4 Å². The van der Waals surface area contributed by atoms with Crippen LogP contribution in [0.2, 0.25) is 5.02 Å². The summed E-state index contributed by atoms with van der Waals surface area (Å²) in [5.74, 6) is -0.0297. The molecule has 154 valence electrons. The van der Waals surface area contributed by atoms with Crippen LogP contribution in [0.5, 0.6) is 0 Å². The fraction of sp³-hybridized carbons (Fsp3) is 0.435. The Balaban J connectivity index is 2.23.